The number of phenolic OH excluding ortho intramolecular Hbond substituents is 1. The van der Waals surface area contributed by atoms with Crippen molar-refractivity contribution < 1.29 is 10.2 Å². The van der Waals surface area contributed by atoms with Crippen LogP contribution in [0.15, 0.2) is 24.3 Å². The Balaban J connectivity index is 1.59. The summed E-state index contributed by atoms with van der Waals surface area (Å²) in [6.45, 7) is 2.69. The van der Waals surface area contributed by atoms with Crippen molar-refractivity contribution in [1.82, 2.24) is 4.90 Å². The second kappa shape index (κ2) is 6.15. The molecule has 3 heteroatoms. The number of nitrogens with zero attached hydrogens (tertiary/aromatic N) is 1. The molecule has 0 amide bonds. The molecule has 0 radical (unpaired) electrons. The van der Waals surface area contributed by atoms with E-state index in [-0.39, 0.29) is 6.10 Å². The standard InChI is InChI=1S/C17H25NO2/c19-16-6-1-3-14(9-16)11-18(10-13-7-8-13)12-17(20)15-4-2-5-15/h1,3,6,9,13,15,17,19-20H,2,4-5,7-8,10-12H2. The first-order valence-electron chi connectivity index (χ1n) is 7.89. The fraction of sp³-hybridized carbons (Fsp3) is 0.647. The average Bonchev–Trinajstić information content (AvgIpc) is 3.10. The lowest BCUT2D eigenvalue weighted by Gasteiger charge is -2.34. The van der Waals surface area contributed by atoms with Crippen molar-refractivity contribution in [3.63, 3.8) is 0 Å². The van der Waals surface area contributed by atoms with Gasteiger partial charge < -0.3 is 10.2 Å². The Morgan fingerprint density at radius 1 is 1.20 bits per heavy atom. The number of aliphatic hydroxyl groups excluding tert-OH is 1. The van der Waals surface area contributed by atoms with Gasteiger partial charge in [0.05, 0.1) is 6.10 Å². The third-order valence-electron chi connectivity index (χ3n) is 4.67. The highest BCUT2D eigenvalue weighted by molar-refractivity contribution is 5.27. The van der Waals surface area contributed by atoms with Crippen molar-refractivity contribution in [2.45, 2.75) is 44.8 Å². The number of benzene rings is 1. The van der Waals surface area contributed by atoms with E-state index in [1.54, 1.807) is 6.07 Å². The van der Waals surface area contributed by atoms with Crippen LogP contribution in [-0.4, -0.2) is 34.3 Å². The molecule has 1 atom stereocenters. The second-order valence-corrected chi connectivity index (χ2v) is 6.57. The topological polar surface area (TPSA) is 43.7 Å². The molecule has 3 nitrogen and oxygen atoms in total. The lowest BCUT2D eigenvalue weighted by Crippen LogP contribution is -2.39. The Morgan fingerprint density at radius 3 is 2.60 bits per heavy atom. The normalized spacial score (nSPS) is 20.9. The predicted octanol–water partition coefficient (Wildman–Crippen LogP) is 2.77. The summed E-state index contributed by atoms with van der Waals surface area (Å²) < 4.78 is 0. The SMILES string of the molecule is Oc1cccc(CN(CC2CC2)CC(O)C2CCC2)c1. The summed E-state index contributed by atoms with van der Waals surface area (Å²) in [6.07, 6.45) is 6.12. The lowest BCUT2D eigenvalue weighted by atomic mass is 9.81. The zero-order chi connectivity index (χ0) is 13.9. The van der Waals surface area contributed by atoms with Crippen LogP contribution in [-0.2, 0) is 6.54 Å². The van der Waals surface area contributed by atoms with Crippen molar-refractivity contribution in [2.24, 2.45) is 11.8 Å². The zero-order valence-corrected chi connectivity index (χ0v) is 12.0. The van der Waals surface area contributed by atoms with Gasteiger partial charge in [0.1, 0.15) is 5.75 Å². The van der Waals surface area contributed by atoms with Crippen LogP contribution in [0.5, 0.6) is 5.75 Å². The summed E-state index contributed by atoms with van der Waals surface area (Å²) in [5, 5.41) is 19.9. The van der Waals surface area contributed by atoms with Crippen LogP contribution < -0.4 is 0 Å². The molecule has 1 aromatic rings. The van der Waals surface area contributed by atoms with E-state index < -0.39 is 0 Å². The van der Waals surface area contributed by atoms with Gasteiger partial charge in [0.2, 0.25) is 0 Å². The van der Waals surface area contributed by atoms with Crippen LogP contribution in [0.2, 0.25) is 0 Å². The maximum Gasteiger partial charge on any atom is 0.115 e. The molecule has 1 unspecified atom stereocenters. The molecule has 1 aromatic carbocycles. The van der Waals surface area contributed by atoms with Gasteiger partial charge in [-0.25, -0.2) is 0 Å². The molecule has 2 fully saturated rings. The van der Waals surface area contributed by atoms with Crippen molar-refractivity contribution in [1.29, 1.82) is 0 Å². The van der Waals surface area contributed by atoms with Crippen LogP contribution in [0.1, 0.15) is 37.7 Å². The minimum absolute atomic E-state index is 0.181. The summed E-state index contributed by atoms with van der Waals surface area (Å²) in [5.41, 5.74) is 1.13. The van der Waals surface area contributed by atoms with E-state index in [0.29, 0.717) is 11.7 Å². The Bertz CT molecular complexity index is 440. The first kappa shape index (κ1) is 13.9. The van der Waals surface area contributed by atoms with Gasteiger partial charge in [-0.3, -0.25) is 4.90 Å². The largest absolute Gasteiger partial charge is 0.508 e. The molecular formula is C17H25NO2. The number of phenols is 1. The van der Waals surface area contributed by atoms with Gasteiger partial charge in [-0.15, -0.1) is 0 Å². The third-order valence-corrected chi connectivity index (χ3v) is 4.67. The Kier molecular flexibility index (Phi) is 4.27. The number of aliphatic hydroxyl groups is 1. The van der Waals surface area contributed by atoms with Gasteiger partial charge in [0.15, 0.2) is 0 Å². The van der Waals surface area contributed by atoms with Gasteiger partial charge in [0.25, 0.3) is 0 Å². The van der Waals surface area contributed by atoms with Crippen LogP contribution in [0, 0.1) is 11.8 Å². The van der Waals surface area contributed by atoms with Crippen molar-refractivity contribution in [3.8, 4) is 5.75 Å². The average molecular weight is 275 g/mol. The molecule has 0 aliphatic heterocycles. The number of hydrogen-bond donors (Lipinski definition) is 2. The van der Waals surface area contributed by atoms with E-state index in [0.717, 1.165) is 31.1 Å². The first-order chi connectivity index (χ1) is 9.70. The molecule has 2 aliphatic carbocycles. The first-order valence-corrected chi connectivity index (χ1v) is 7.89. The van der Waals surface area contributed by atoms with Gasteiger partial charge in [-0.2, -0.15) is 0 Å². The number of aromatic hydroxyl groups is 1. The third kappa shape index (κ3) is 3.74. The van der Waals surface area contributed by atoms with Crippen LogP contribution in [0.4, 0.5) is 0 Å². The molecule has 0 heterocycles. The monoisotopic (exact) mass is 275 g/mol. The maximum absolute atomic E-state index is 10.3. The molecule has 3 rings (SSSR count). The van der Waals surface area contributed by atoms with E-state index in [1.165, 1.54) is 32.1 Å². The molecule has 2 aliphatic rings. The van der Waals surface area contributed by atoms with E-state index in [9.17, 15) is 10.2 Å². The lowest BCUT2D eigenvalue weighted by molar-refractivity contribution is 0.0269. The minimum Gasteiger partial charge on any atom is -0.508 e. The predicted molar refractivity (Wildman–Crippen MR) is 79.5 cm³/mol. The van der Waals surface area contributed by atoms with Crippen LogP contribution in [0.3, 0.4) is 0 Å². The van der Waals surface area contributed by atoms with E-state index >= 15 is 0 Å². The van der Waals surface area contributed by atoms with Crippen LogP contribution in [0.25, 0.3) is 0 Å². The molecule has 0 bridgehead atoms. The Labute approximate surface area is 121 Å². The molecule has 2 N–H and O–H groups in total. The van der Waals surface area contributed by atoms with Crippen molar-refractivity contribution >= 4 is 0 Å². The van der Waals surface area contributed by atoms with Gasteiger partial charge in [0, 0.05) is 19.6 Å². The molecule has 20 heavy (non-hydrogen) atoms. The van der Waals surface area contributed by atoms with Crippen molar-refractivity contribution in [2.75, 3.05) is 13.1 Å². The molecule has 2 saturated carbocycles. The highest BCUT2D eigenvalue weighted by Gasteiger charge is 2.30. The minimum atomic E-state index is -0.181. The van der Waals surface area contributed by atoms with E-state index in [1.807, 2.05) is 12.1 Å². The van der Waals surface area contributed by atoms with Crippen molar-refractivity contribution in [3.05, 3.63) is 29.8 Å². The van der Waals surface area contributed by atoms with Gasteiger partial charge >= 0.3 is 0 Å². The van der Waals surface area contributed by atoms with Gasteiger partial charge in [-0.1, -0.05) is 18.6 Å². The molecule has 0 saturated heterocycles. The fourth-order valence-corrected chi connectivity index (χ4v) is 3.02. The summed E-state index contributed by atoms with van der Waals surface area (Å²) in [6, 6.07) is 7.48. The van der Waals surface area contributed by atoms with E-state index in [4.69, 9.17) is 0 Å². The van der Waals surface area contributed by atoms with E-state index in [2.05, 4.69) is 11.0 Å². The smallest absolute Gasteiger partial charge is 0.115 e. The Morgan fingerprint density at radius 2 is 2.00 bits per heavy atom. The van der Waals surface area contributed by atoms with Gasteiger partial charge in [-0.05, 0) is 55.2 Å². The number of hydrogen-bond acceptors (Lipinski definition) is 3. The molecule has 0 aromatic heterocycles. The summed E-state index contributed by atoms with van der Waals surface area (Å²) in [4.78, 5) is 2.37. The highest BCUT2D eigenvalue weighted by atomic mass is 16.3. The maximum atomic E-state index is 10.3. The summed E-state index contributed by atoms with van der Waals surface area (Å²) in [7, 11) is 0. The fourth-order valence-electron chi connectivity index (χ4n) is 3.02. The highest BCUT2D eigenvalue weighted by Crippen LogP contribution is 2.33. The van der Waals surface area contributed by atoms with Crippen LogP contribution >= 0.6 is 0 Å². The zero-order valence-electron chi connectivity index (χ0n) is 12.0. The molecular weight excluding hydrogens is 250 g/mol. The summed E-state index contributed by atoms with van der Waals surface area (Å²) >= 11 is 0. The molecule has 110 valence electrons. The quantitative estimate of drug-likeness (QED) is 0.804. The summed E-state index contributed by atoms with van der Waals surface area (Å²) in [5.74, 6) is 1.66. The second-order valence-electron chi connectivity index (χ2n) is 6.57. The molecule has 0 spiro atoms. The Hall–Kier alpha value is -1.06. The number of rotatable bonds is 7.